The first-order chi connectivity index (χ1) is 9.70. The molecule has 1 saturated heterocycles. The molecule has 0 aliphatic carbocycles. The van der Waals surface area contributed by atoms with Crippen LogP contribution in [0.2, 0.25) is 0 Å². The number of thiophene rings is 1. The minimum Gasteiger partial charge on any atom is -0.462 e. The summed E-state index contributed by atoms with van der Waals surface area (Å²) in [4.78, 5) is 25.8. The van der Waals surface area contributed by atoms with E-state index >= 15 is 0 Å². The Morgan fingerprint density at radius 1 is 1.45 bits per heavy atom. The van der Waals surface area contributed by atoms with E-state index in [2.05, 4.69) is 15.5 Å². The summed E-state index contributed by atoms with van der Waals surface area (Å²) in [5, 5.41) is 8.36. The van der Waals surface area contributed by atoms with Crippen molar-refractivity contribution in [3.05, 3.63) is 17.0 Å². The number of nitrogens with one attached hydrogen (secondary N) is 2. The largest absolute Gasteiger partial charge is 0.462 e. The van der Waals surface area contributed by atoms with Gasteiger partial charge in [0.2, 0.25) is 5.91 Å². The van der Waals surface area contributed by atoms with Gasteiger partial charge in [0, 0.05) is 26.2 Å². The third-order valence-electron chi connectivity index (χ3n) is 2.99. The van der Waals surface area contributed by atoms with Crippen molar-refractivity contribution in [3.63, 3.8) is 0 Å². The van der Waals surface area contributed by atoms with Crippen molar-refractivity contribution in [2.75, 3.05) is 44.6 Å². The lowest BCUT2D eigenvalue weighted by atomic mass is 10.3. The van der Waals surface area contributed by atoms with E-state index in [1.54, 1.807) is 18.4 Å². The predicted molar refractivity (Wildman–Crippen MR) is 78.2 cm³/mol. The number of esters is 1. The number of hydrogen-bond donors (Lipinski definition) is 2. The topological polar surface area (TPSA) is 70.7 Å². The highest BCUT2D eigenvalue weighted by Gasteiger charge is 2.18. The summed E-state index contributed by atoms with van der Waals surface area (Å²) >= 11 is 1.33. The number of piperazine rings is 1. The van der Waals surface area contributed by atoms with E-state index in [4.69, 9.17) is 4.74 Å². The number of rotatable bonds is 5. The lowest BCUT2D eigenvalue weighted by Crippen LogP contribution is -2.46. The molecule has 0 spiro atoms. The minimum absolute atomic E-state index is 0.0973. The molecule has 7 heteroatoms. The summed E-state index contributed by atoms with van der Waals surface area (Å²) in [6.45, 7) is 5.96. The van der Waals surface area contributed by atoms with Crippen LogP contribution in [-0.4, -0.2) is 56.1 Å². The van der Waals surface area contributed by atoms with Crippen LogP contribution in [0.5, 0.6) is 0 Å². The number of nitrogens with zero attached hydrogens (tertiary/aromatic N) is 1. The van der Waals surface area contributed by atoms with Crippen molar-refractivity contribution in [1.29, 1.82) is 0 Å². The average molecular weight is 297 g/mol. The molecule has 1 aromatic rings. The van der Waals surface area contributed by atoms with E-state index in [9.17, 15) is 9.59 Å². The third-order valence-corrected chi connectivity index (χ3v) is 3.82. The number of amides is 1. The number of carbonyl (C=O) groups is 2. The van der Waals surface area contributed by atoms with Crippen LogP contribution in [0.4, 0.5) is 5.00 Å². The lowest BCUT2D eigenvalue weighted by Gasteiger charge is -2.26. The third kappa shape index (κ3) is 4.03. The first-order valence-electron chi connectivity index (χ1n) is 6.68. The Morgan fingerprint density at radius 3 is 2.90 bits per heavy atom. The zero-order chi connectivity index (χ0) is 14.4. The molecule has 0 radical (unpaired) electrons. The monoisotopic (exact) mass is 297 g/mol. The molecular weight excluding hydrogens is 278 g/mol. The molecule has 2 rings (SSSR count). The zero-order valence-corrected chi connectivity index (χ0v) is 12.3. The van der Waals surface area contributed by atoms with E-state index in [-0.39, 0.29) is 5.91 Å². The van der Waals surface area contributed by atoms with Gasteiger partial charge < -0.3 is 15.4 Å². The van der Waals surface area contributed by atoms with Crippen LogP contribution in [0, 0.1) is 0 Å². The van der Waals surface area contributed by atoms with Crippen LogP contribution in [0.25, 0.3) is 0 Å². The highest BCUT2D eigenvalue weighted by atomic mass is 32.1. The van der Waals surface area contributed by atoms with Gasteiger partial charge in [0.25, 0.3) is 0 Å². The Balaban J connectivity index is 1.90. The van der Waals surface area contributed by atoms with Crippen LogP contribution in [-0.2, 0) is 9.53 Å². The quantitative estimate of drug-likeness (QED) is 0.786. The fraction of sp³-hybridized carbons (Fsp3) is 0.538. The number of anilines is 1. The van der Waals surface area contributed by atoms with Gasteiger partial charge in [-0.05, 0) is 18.4 Å². The molecule has 1 aliphatic heterocycles. The summed E-state index contributed by atoms with van der Waals surface area (Å²) in [6.07, 6.45) is 0. The van der Waals surface area contributed by atoms with E-state index in [1.807, 2.05) is 0 Å². The highest BCUT2D eigenvalue weighted by molar-refractivity contribution is 7.14. The standard InChI is InChI=1S/C13H19N3O3S/c1-2-19-13(18)10-3-8-20-12(10)15-11(17)9-16-6-4-14-5-7-16/h3,8,14H,2,4-7,9H2,1H3,(H,15,17). The van der Waals surface area contributed by atoms with Crippen molar-refractivity contribution in [1.82, 2.24) is 10.2 Å². The van der Waals surface area contributed by atoms with Gasteiger partial charge in [-0.15, -0.1) is 11.3 Å². The molecule has 1 fully saturated rings. The van der Waals surface area contributed by atoms with Gasteiger partial charge in [-0.25, -0.2) is 4.79 Å². The lowest BCUT2D eigenvalue weighted by molar-refractivity contribution is -0.117. The fourth-order valence-corrected chi connectivity index (χ4v) is 2.81. The van der Waals surface area contributed by atoms with Crippen molar-refractivity contribution < 1.29 is 14.3 Å². The van der Waals surface area contributed by atoms with Crippen LogP contribution in [0.1, 0.15) is 17.3 Å². The normalized spacial score (nSPS) is 15.8. The van der Waals surface area contributed by atoms with Crippen molar-refractivity contribution in [2.24, 2.45) is 0 Å². The second-order valence-corrected chi connectivity index (χ2v) is 5.37. The summed E-state index contributed by atoms with van der Waals surface area (Å²) in [7, 11) is 0. The van der Waals surface area contributed by atoms with Gasteiger partial charge in [-0.1, -0.05) is 0 Å². The van der Waals surface area contributed by atoms with E-state index in [0.29, 0.717) is 23.7 Å². The van der Waals surface area contributed by atoms with Gasteiger partial charge >= 0.3 is 5.97 Å². The highest BCUT2D eigenvalue weighted by Crippen LogP contribution is 2.24. The fourth-order valence-electron chi connectivity index (χ4n) is 2.01. The Bertz CT molecular complexity index is 469. The van der Waals surface area contributed by atoms with Crippen LogP contribution in [0.3, 0.4) is 0 Å². The Labute approximate surface area is 122 Å². The summed E-state index contributed by atoms with van der Waals surface area (Å²) in [5.41, 5.74) is 0.422. The smallest absolute Gasteiger partial charge is 0.341 e. The maximum absolute atomic E-state index is 12.0. The summed E-state index contributed by atoms with van der Waals surface area (Å²) < 4.78 is 4.96. The first kappa shape index (κ1) is 15.0. The number of ether oxygens (including phenoxy) is 1. The van der Waals surface area contributed by atoms with E-state index < -0.39 is 5.97 Å². The number of carbonyl (C=O) groups excluding carboxylic acids is 2. The van der Waals surface area contributed by atoms with Crippen LogP contribution < -0.4 is 10.6 Å². The predicted octanol–water partition coefficient (Wildman–Crippen LogP) is 0.768. The van der Waals surface area contributed by atoms with Crippen molar-refractivity contribution >= 4 is 28.2 Å². The maximum atomic E-state index is 12.0. The van der Waals surface area contributed by atoms with Gasteiger partial charge in [-0.3, -0.25) is 9.69 Å². The van der Waals surface area contributed by atoms with E-state index in [0.717, 1.165) is 26.2 Å². The molecule has 0 aromatic carbocycles. The van der Waals surface area contributed by atoms with Crippen molar-refractivity contribution in [2.45, 2.75) is 6.92 Å². The average Bonchev–Trinajstić information content (AvgIpc) is 2.88. The zero-order valence-electron chi connectivity index (χ0n) is 11.5. The summed E-state index contributed by atoms with van der Waals surface area (Å²) in [5.74, 6) is -0.494. The van der Waals surface area contributed by atoms with E-state index in [1.165, 1.54) is 11.3 Å². The molecule has 0 atom stereocenters. The molecule has 0 unspecified atom stereocenters. The van der Waals surface area contributed by atoms with Gasteiger partial charge in [0.05, 0.1) is 18.7 Å². The second kappa shape index (κ2) is 7.37. The van der Waals surface area contributed by atoms with Gasteiger partial charge in [-0.2, -0.15) is 0 Å². The minimum atomic E-state index is -0.397. The molecule has 1 aliphatic rings. The second-order valence-electron chi connectivity index (χ2n) is 4.46. The molecule has 110 valence electrons. The molecule has 0 bridgehead atoms. The number of hydrogen-bond acceptors (Lipinski definition) is 6. The molecule has 20 heavy (non-hydrogen) atoms. The van der Waals surface area contributed by atoms with Crippen LogP contribution >= 0.6 is 11.3 Å². The van der Waals surface area contributed by atoms with Crippen LogP contribution in [0.15, 0.2) is 11.4 Å². The SMILES string of the molecule is CCOC(=O)c1ccsc1NC(=O)CN1CCNCC1. The molecule has 0 saturated carbocycles. The Kier molecular flexibility index (Phi) is 5.51. The van der Waals surface area contributed by atoms with Gasteiger partial charge in [0.1, 0.15) is 5.00 Å². The molecule has 1 amide bonds. The molecule has 6 nitrogen and oxygen atoms in total. The van der Waals surface area contributed by atoms with Gasteiger partial charge in [0.15, 0.2) is 0 Å². The van der Waals surface area contributed by atoms with Crippen molar-refractivity contribution in [3.8, 4) is 0 Å². The molecular formula is C13H19N3O3S. The molecule has 2 heterocycles. The maximum Gasteiger partial charge on any atom is 0.341 e. The Hall–Kier alpha value is -1.44. The molecule has 2 N–H and O–H groups in total. The molecule has 1 aromatic heterocycles. The first-order valence-corrected chi connectivity index (χ1v) is 7.56. The summed E-state index contributed by atoms with van der Waals surface area (Å²) in [6, 6.07) is 1.67. The Morgan fingerprint density at radius 2 is 2.20 bits per heavy atom.